The fourth-order valence-corrected chi connectivity index (χ4v) is 5.09. The maximum atomic E-state index is 12.6. The number of furan rings is 1. The number of aliphatic imine (C=N–C) groups is 1. The van der Waals surface area contributed by atoms with E-state index in [1.165, 1.54) is 30.0 Å². The molecule has 2 aromatic carbocycles. The molecule has 0 atom stereocenters. The number of nitro benzene ring substituents is 1. The van der Waals surface area contributed by atoms with E-state index in [9.17, 15) is 14.9 Å². The SMILES string of the molecule is N=C1C(=Cc2ccc(-c3ccc([N+](=O)[O-])cc3)o2)C(=O)N=C2SN=C(SCc3ccccc3)N12. The van der Waals surface area contributed by atoms with Crippen molar-refractivity contribution in [2.75, 3.05) is 0 Å². The van der Waals surface area contributed by atoms with Gasteiger partial charge in [-0.2, -0.15) is 9.39 Å². The number of non-ortho nitro benzene ring substituents is 1. The van der Waals surface area contributed by atoms with Gasteiger partial charge in [-0.25, -0.2) is 4.90 Å². The number of thioether (sulfide) groups is 1. The Kier molecular flexibility index (Phi) is 5.86. The third-order valence-electron chi connectivity index (χ3n) is 4.98. The van der Waals surface area contributed by atoms with Crippen LogP contribution in [0.15, 0.2) is 86.1 Å². The number of hydrogen-bond acceptors (Lipinski definition) is 8. The van der Waals surface area contributed by atoms with E-state index in [0.717, 1.165) is 17.5 Å². The fourth-order valence-electron chi connectivity index (χ4n) is 3.29. The van der Waals surface area contributed by atoms with Gasteiger partial charge in [0, 0.05) is 23.4 Å². The average molecular weight is 490 g/mol. The number of carbonyl (C=O) groups excluding carboxylic acids is 1. The molecule has 0 spiro atoms. The first-order chi connectivity index (χ1) is 16.5. The number of amidine groups is 3. The summed E-state index contributed by atoms with van der Waals surface area (Å²) in [7, 11) is 0. The molecule has 0 aliphatic carbocycles. The van der Waals surface area contributed by atoms with Crippen molar-refractivity contribution in [1.82, 2.24) is 4.90 Å². The van der Waals surface area contributed by atoms with E-state index >= 15 is 0 Å². The summed E-state index contributed by atoms with van der Waals surface area (Å²) >= 11 is 2.54. The molecule has 3 heterocycles. The molecular formula is C23H15N5O4S2. The van der Waals surface area contributed by atoms with Crippen LogP contribution in [0.2, 0.25) is 0 Å². The fraction of sp³-hybridized carbons (Fsp3) is 0.0435. The quantitative estimate of drug-likeness (QED) is 0.221. The van der Waals surface area contributed by atoms with E-state index in [1.807, 2.05) is 30.3 Å². The molecule has 0 fully saturated rings. The van der Waals surface area contributed by atoms with Crippen LogP contribution in [0.5, 0.6) is 0 Å². The van der Waals surface area contributed by atoms with E-state index in [0.29, 0.717) is 33.2 Å². The highest BCUT2D eigenvalue weighted by Crippen LogP contribution is 2.33. The molecule has 0 radical (unpaired) electrons. The monoisotopic (exact) mass is 489 g/mol. The third kappa shape index (κ3) is 4.30. The average Bonchev–Trinajstić information content (AvgIpc) is 3.48. The van der Waals surface area contributed by atoms with Crippen LogP contribution in [-0.4, -0.2) is 31.9 Å². The van der Waals surface area contributed by atoms with Crippen LogP contribution >= 0.6 is 23.7 Å². The lowest BCUT2D eigenvalue weighted by molar-refractivity contribution is -0.384. The Labute approximate surface area is 202 Å². The second-order valence-electron chi connectivity index (χ2n) is 7.19. The van der Waals surface area contributed by atoms with Crippen LogP contribution in [0.3, 0.4) is 0 Å². The van der Waals surface area contributed by atoms with E-state index < -0.39 is 10.8 Å². The van der Waals surface area contributed by atoms with Crippen molar-refractivity contribution in [2.45, 2.75) is 5.75 Å². The van der Waals surface area contributed by atoms with Crippen molar-refractivity contribution >= 4 is 57.6 Å². The molecule has 5 rings (SSSR count). The van der Waals surface area contributed by atoms with Crippen LogP contribution in [-0.2, 0) is 10.5 Å². The van der Waals surface area contributed by atoms with Crippen LogP contribution in [0, 0.1) is 15.5 Å². The summed E-state index contributed by atoms with van der Waals surface area (Å²) < 4.78 is 10.2. The van der Waals surface area contributed by atoms with Crippen LogP contribution < -0.4 is 0 Å². The Morgan fingerprint density at radius 1 is 1.12 bits per heavy atom. The molecule has 1 amide bonds. The molecule has 0 unspecified atom stereocenters. The van der Waals surface area contributed by atoms with Gasteiger partial charge in [0.2, 0.25) is 5.17 Å². The number of carbonyl (C=O) groups is 1. The van der Waals surface area contributed by atoms with Gasteiger partial charge in [-0.15, -0.1) is 0 Å². The summed E-state index contributed by atoms with van der Waals surface area (Å²) in [6.07, 6.45) is 1.47. The number of benzene rings is 2. The van der Waals surface area contributed by atoms with Gasteiger partial charge in [-0.3, -0.25) is 20.3 Å². The smallest absolute Gasteiger partial charge is 0.283 e. The van der Waals surface area contributed by atoms with Crippen molar-refractivity contribution in [3.63, 3.8) is 0 Å². The first-order valence-corrected chi connectivity index (χ1v) is 11.8. The summed E-state index contributed by atoms with van der Waals surface area (Å²) in [6.45, 7) is 0. The third-order valence-corrected chi connectivity index (χ3v) is 6.81. The predicted molar refractivity (Wildman–Crippen MR) is 134 cm³/mol. The number of nitrogens with one attached hydrogen (secondary N) is 1. The van der Waals surface area contributed by atoms with Crippen molar-refractivity contribution < 1.29 is 14.1 Å². The minimum atomic E-state index is -0.540. The normalized spacial score (nSPS) is 16.5. The molecule has 0 saturated carbocycles. The maximum Gasteiger partial charge on any atom is 0.283 e. The summed E-state index contributed by atoms with van der Waals surface area (Å²) in [5.41, 5.74) is 1.85. The number of fused-ring (bicyclic) bond motifs is 1. The van der Waals surface area contributed by atoms with Crippen LogP contribution in [0.25, 0.3) is 17.4 Å². The van der Waals surface area contributed by atoms with Crippen molar-refractivity contribution in [1.29, 1.82) is 5.41 Å². The molecule has 34 heavy (non-hydrogen) atoms. The molecule has 1 aromatic heterocycles. The summed E-state index contributed by atoms with van der Waals surface area (Å²) in [5, 5.41) is 20.4. The first-order valence-electron chi connectivity index (χ1n) is 10.00. The molecule has 0 bridgehead atoms. The topological polar surface area (TPSA) is 125 Å². The van der Waals surface area contributed by atoms with Crippen molar-refractivity contribution in [3.8, 4) is 11.3 Å². The zero-order chi connectivity index (χ0) is 23.7. The molecule has 2 aliphatic rings. The largest absolute Gasteiger partial charge is 0.457 e. The highest BCUT2D eigenvalue weighted by molar-refractivity contribution is 8.18. The molecule has 1 N–H and O–H groups in total. The second kappa shape index (κ2) is 9.12. The predicted octanol–water partition coefficient (Wildman–Crippen LogP) is 5.36. The molecule has 11 heteroatoms. The highest BCUT2D eigenvalue weighted by Gasteiger charge is 2.37. The van der Waals surface area contributed by atoms with Gasteiger partial charge in [0.25, 0.3) is 11.6 Å². The summed E-state index contributed by atoms with van der Waals surface area (Å²) in [6, 6.07) is 19.2. The minimum Gasteiger partial charge on any atom is -0.457 e. The minimum absolute atomic E-state index is 0.0151. The van der Waals surface area contributed by atoms with Crippen LogP contribution in [0.1, 0.15) is 11.3 Å². The number of nitrogens with zero attached hydrogens (tertiary/aromatic N) is 4. The van der Waals surface area contributed by atoms with Gasteiger partial charge in [-0.05, 0) is 35.9 Å². The Morgan fingerprint density at radius 3 is 2.62 bits per heavy atom. The lowest BCUT2D eigenvalue weighted by atomic mass is 10.1. The lowest BCUT2D eigenvalue weighted by Gasteiger charge is -2.24. The number of hydrogen-bond donors (Lipinski definition) is 1. The Morgan fingerprint density at radius 2 is 1.88 bits per heavy atom. The highest BCUT2D eigenvalue weighted by atomic mass is 32.2. The van der Waals surface area contributed by atoms with Gasteiger partial charge in [-0.1, -0.05) is 42.1 Å². The first kappa shape index (κ1) is 21.9. The Hall–Kier alpha value is -3.96. The zero-order valence-electron chi connectivity index (χ0n) is 17.4. The Bertz CT molecular complexity index is 1390. The maximum absolute atomic E-state index is 12.6. The van der Waals surface area contributed by atoms with Gasteiger partial charge < -0.3 is 4.42 Å². The number of nitro groups is 1. The van der Waals surface area contributed by atoms with Gasteiger partial charge in [0.15, 0.2) is 5.17 Å². The Balaban J connectivity index is 1.36. The van der Waals surface area contributed by atoms with Crippen molar-refractivity contribution in [3.05, 3.63) is 93.7 Å². The van der Waals surface area contributed by atoms with E-state index in [4.69, 9.17) is 9.83 Å². The summed E-state index contributed by atoms with van der Waals surface area (Å²) in [4.78, 5) is 28.6. The summed E-state index contributed by atoms with van der Waals surface area (Å²) in [5.74, 6) is 0.954. The molecule has 0 saturated heterocycles. The molecule has 9 nitrogen and oxygen atoms in total. The van der Waals surface area contributed by atoms with E-state index in [1.54, 1.807) is 29.2 Å². The standard InChI is InChI=1S/C23H15N5O4S2/c24-20-18(12-17-10-11-19(32-17)15-6-8-16(9-7-15)28(30)31)21(29)25-22-27(20)23(26-34-22)33-13-14-4-2-1-3-5-14/h1-12,24H,13H2. The number of amides is 1. The van der Waals surface area contributed by atoms with Gasteiger partial charge in [0.05, 0.1) is 22.4 Å². The van der Waals surface area contributed by atoms with E-state index in [2.05, 4.69) is 9.39 Å². The molecule has 2 aliphatic heterocycles. The lowest BCUT2D eigenvalue weighted by Crippen LogP contribution is -2.41. The van der Waals surface area contributed by atoms with E-state index in [-0.39, 0.29) is 17.1 Å². The van der Waals surface area contributed by atoms with Crippen LogP contribution in [0.4, 0.5) is 5.69 Å². The van der Waals surface area contributed by atoms with Gasteiger partial charge >= 0.3 is 0 Å². The molecule has 3 aromatic rings. The zero-order valence-corrected chi connectivity index (χ0v) is 19.0. The van der Waals surface area contributed by atoms with Crippen molar-refractivity contribution in [2.24, 2.45) is 9.39 Å². The number of rotatable bonds is 5. The van der Waals surface area contributed by atoms with Gasteiger partial charge in [0.1, 0.15) is 17.4 Å². The molecular weight excluding hydrogens is 474 g/mol. The molecule has 168 valence electrons. The second-order valence-corrected chi connectivity index (χ2v) is 8.86.